The maximum Gasteiger partial charge on any atom is 0.162 e. The van der Waals surface area contributed by atoms with Crippen molar-refractivity contribution in [3.05, 3.63) is 18.0 Å². The van der Waals surface area contributed by atoms with Crippen LogP contribution in [-0.4, -0.2) is 26.3 Å². The molecule has 1 heterocycles. The Hall–Kier alpha value is -1.67. The van der Waals surface area contributed by atoms with Crippen molar-refractivity contribution in [3.63, 3.8) is 0 Å². The number of rotatable bonds is 3. The number of fused-ring (bicyclic) bond motifs is 3. The summed E-state index contributed by atoms with van der Waals surface area (Å²) < 4.78 is 1.65. The zero-order chi connectivity index (χ0) is 21.6. The van der Waals surface area contributed by atoms with Gasteiger partial charge in [0.1, 0.15) is 6.07 Å². The average Bonchev–Trinajstić information content (AvgIpc) is 3.00. The number of nitriles is 1. The van der Waals surface area contributed by atoms with E-state index in [0.717, 1.165) is 31.1 Å². The highest BCUT2D eigenvalue weighted by molar-refractivity contribution is 5.82. The third-order valence-electron chi connectivity index (χ3n) is 11.0. The normalized spacial score (nSPS) is 49.9. The van der Waals surface area contributed by atoms with Crippen LogP contribution >= 0.6 is 0 Å². The van der Waals surface area contributed by atoms with Crippen molar-refractivity contribution in [2.45, 2.75) is 90.2 Å². The minimum Gasteiger partial charge on any atom is -0.390 e. The van der Waals surface area contributed by atoms with Crippen molar-refractivity contribution in [1.82, 2.24) is 9.78 Å². The molecule has 5 aliphatic rings. The summed E-state index contributed by atoms with van der Waals surface area (Å²) in [5.74, 6) is 2.68. The Labute approximate surface area is 185 Å². The molecule has 8 atom stereocenters. The summed E-state index contributed by atoms with van der Waals surface area (Å²) >= 11 is 0. The molecule has 1 aromatic heterocycles. The maximum absolute atomic E-state index is 13.3. The molecule has 0 unspecified atom stereocenters. The zero-order valence-electron chi connectivity index (χ0n) is 18.9. The molecule has 1 N–H and O–H groups in total. The van der Waals surface area contributed by atoms with Crippen LogP contribution < -0.4 is 0 Å². The lowest BCUT2D eigenvalue weighted by atomic mass is 9.48. The molecule has 5 aliphatic carbocycles. The number of carbonyl (C=O) groups is 1. The molecule has 0 spiro atoms. The Morgan fingerprint density at radius 1 is 1.16 bits per heavy atom. The van der Waals surface area contributed by atoms with Crippen LogP contribution in [0.3, 0.4) is 0 Å². The van der Waals surface area contributed by atoms with E-state index in [9.17, 15) is 9.90 Å². The Bertz CT molecular complexity index is 976. The first-order valence-electron chi connectivity index (χ1n) is 12.4. The molecule has 166 valence electrons. The third-order valence-corrected chi connectivity index (χ3v) is 11.0. The van der Waals surface area contributed by atoms with Gasteiger partial charge in [-0.25, -0.2) is 0 Å². The predicted molar refractivity (Wildman–Crippen MR) is 116 cm³/mol. The number of hydrogen-bond donors (Lipinski definition) is 1. The van der Waals surface area contributed by atoms with E-state index >= 15 is 0 Å². The van der Waals surface area contributed by atoms with Gasteiger partial charge in [0.25, 0.3) is 0 Å². The van der Waals surface area contributed by atoms with Gasteiger partial charge < -0.3 is 5.11 Å². The highest BCUT2D eigenvalue weighted by Gasteiger charge is 2.76. The van der Waals surface area contributed by atoms with Gasteiger partial charge >= 0.3 is 0 Å². The SMILES string of the molecule is C[C@@]1(O)CC[C@@]23C[C@@]2(CC[C@H]2[C@@H]4CC[C@H](C(=O)Cn5ccc(C#N)n5)[C@@]4(C)CC[C@@H]23)C1. The van der Waals surface area contributed by atoms with Gasteiger partial charge in [-0.15, -0.1) is 0 Å². The minimum absolute atomic E-state index is 0.120. The first kappa shape index (κ1) is 20.0. The molecule has 0 aliphatic heterocycles. The fourth-order valence-electron chi connectivity index (χ4n) is 9.72. The van der Waals surface area contributed by atoms with E-state index in [0.29, 0.717) is 34.8 Å². The summed E-state index contributed by atoms with van der Waals surface area (Å²) in [6.45, 7) is 4.76. The van der Waals surface area contributed by atoms with Crippen LogP contribution in [0.5, 0.6) is 0 Å². The molecule has 1 aromatic rings. The quantitative estimate of drug-likeness (QED) is 0.780. The van der Waals surface area contributed by atoms with Gasteiger partial charge in [-0.1, -0.05) is 6.92 Å². The first-order valence-corrected chi connectivity index (χ1v) is 12.4. The molecule has 0 bridgehead atoms. The molecule has 5 heteroatoms. The number of ketones is 1. The third kappa shape index (κ3) is 2.64. The largest absolute Gasteiger partial charge is 0.390 e. The monoisotopic (exact) mass is 421 g/mol. The molecule has 5 saturated carbocycles. The van der Waals surface area contributed by atoms with Gasteiger partial charge in [0.05, 0.1) is 12.1 Å². The van der Waals surface area contributed by atoms with Gasteiger partial charge in [0, 0.05) is 12.1 Å². The predicted octanol–water partition coefficient (Wildman–Crippen LogP) is 4.49. The molecule has 0 aromatic carbocycles. The van der Waals surface area contributed by atoms with Gasteiger partial charge in [0.15, 0.2) is 11.5 Å². The highest BCUT2D eigenvalue weighted by Crippen LogP contribution is 2.83. The van der Waals surface area contributed by atoms with Gasteiger partial charge in [-0.05, 0) is 111 Å². The smallest absolute Gasteiger partial charge is 0.162 e. The molecule has 0 amide bonds. The molecule has 5 fully saturated rings. The second-order valence-corrected chi connectivity index (χ2v) is 12.4. The van der Waals surface area contributed by atoms with Crippen LogP contribution in [0.15, 0.2) is 12.3 Å². The molecular weight excluding hydrogens is 386 g/mol. The molecule has 31 heavy (non-hydrogen) atoms. The summed E-state index contributed by atoms with van der Waals surface area (Å²) in [6, 6.07) is 3.73. The van der Waals surface area contributed by atoms with Crippen LogP contribution in [-0.2, 0) is 11.3 Å². The fourth-order valence-corrected chi connectivity index (χ4v) is 9.72. The second-order valence-electron chi connectivity index (χ2n) is 12.4. The number of Topliss-reactive ketones (excluding diaryl/α,β-unsaturated/α-hetero) is 1. The molecular formula is C26H35N3O2. The second kappa shape index (κ2) is 6.22. The van der Waals surface area contributed by atoms with Crippen molar-refractivity contribution < 1.29 is 9.90 Å². The van der Waals surface area contributed by atoms with Crippen molar-refractivity contribution >= 4 is 5.78 Å². The summed E-state index contributed by atoms with van der Waals surface area (Å²) in [5.41, 5.74) is 0.971. The average molecular weight is 422 g/mol. The Morgan fingerprint density at radius 3 is 2.77 bits per heavy atom. The number of hydrogen-bond acceptors (Lipinski definition) is 4. The first-order chi connectivity index (χ1) is 14.7. The Morgan fingerprint density at radius 2 is 2.00 bits per heavy atom. The van der Waals surface area contributed by atoms with E-state index in [1.807, 2.05) is 6.07 Å². The topological polar surface area (TPSA) is 78.9 Å². The Balaban J connectivity index is 1.21. The van der Waals surface area contributed by atoms with Gasteiger partial charge in [0.2, 0.25) is 0 Å². The number of nitrogens with zero attached hydrogens (tertiary/aromatic N) is 3. The van der Waals surface area contributed by atoms with Crippen LogP contribution in [0.4, 0.5) is 0 Å². The highest BCUT2D eigenvalue weighted by atomic mass is 16.3. The molecule has 6 rings (SSSR count). The van der Waals surface area contributed by atoms with Crippen LogP contribution in [0.25, 0.3) is 0 Å². The summed E-state index contributed by atoms with van der Waals surface area (Å²) in [7, 11) is 0. The number of aliphatic hydroxyl groups is 1. The van der Waals surface area contributed by atoms with E-state index in [1.54, 1.807) is 16.9 Å². The lowest BCUT2D eigenvalue weighted by Gasteiger charge is -2.56. The fraction of sp³-hybridized carbons (Fsp3) is 0.808. The van der Waals surface area contributed by atoms with Gasteiger partial charge in [-0.3, -0.25) is 9.48 Å². The van der Waals surface area contributed by atoms with E-state index in [2.05, 4.69) is 18.9 Å². The van der Waals surface area contributed by atoms with Crippen LogP contribution in [0, 0.1) is 51.2 Å². The van der Waals surface area contributed by atoms with E-state index in [-0.39, 0.29) is 11.3 Å². The molecule has 0 saturated heterocycles. The van der Waals surface area contributed by atoms with Gasteiger partial charge in [-0.2, -0.15) is 10.4 Å². The van der Waals surface area contributed by atoms with E-state index in [1.165, 1.54) is 44.9 Å². The molecule has 0 radical (unpaired) electrons. The summed E-state index contributed by atoms with van der Waals surface area (Å²) in [5, 5.41) is 24.0. The van der Waals surface area contributed by atoms with Crippen LogP contribution in [0.1, 0.15) is 83.7 Å². The standard InChI is InChI=1S/C26H35N3O2/c1-23(31)10-11-26-16-25(26,15-23)9-5-18-19-3-4-21(24(19,2)8-6-20(18)26)22(30)14-29-12-7-17(13-27)28-29/h7,12,18-21,31H,3-6,8-11,14-16H2,1-2H3/t18-,19-,20-,21+,23+,24-,25+,26-/m0/s1. The van der Waals surface area contributed by atoms with Crippen LogP contribution in [0.2, 0.25) is 0 Å². The number of aromatic nitrogens is 2. The van der Waals surface area contributed by atoms with E-state index in [4.69, 9.17) is 5.26 Å². The lowest BCUT2D eigenvalue weighted by molar-refractivity contribution is -0.133. The lowest BCUT2D eigenvalue weighted by Crippen LogP contribution is -2.51. The number of carbonyl (C=O) groups excluding carboxylic acids is 1. The van der Waals surface area contributed by atoms with Crippen molar-refractivity contribution in [2.24, 2.45) is 39.9 Å². The van der Waals surface area contributed by atoms with E-state index < -0.39 is 5.60 Å². The zero-order valence-corrected chi connectivity index (χ0v) is 18.9. The Kier molecular flexibility index (Phi) is 4.01. The van der Waals surface area contributed by atoms with Crippen molar-refractivity contribution in [1.29, 1.82) is 5.26 Å². The van der Waals surface area contributed by atoms with Crippen molar-refractivity contribution in [2.75, 3.05) is 0 Å². The summed E-state index contributed by atoms with van der Waals surface area (Å²) in [6.07, 6.45) is 13.5. The maximum atomic E-state index is 13.3. The van der Waals surface area contributed by atoms with Crippen molar-refractivity contribution in [3.8, 4) is 6.07 Å². The minimum atomic E-state index is -0.460. The molecule has 5 nitrogen and oxygen atoms in total. The summed E-state index contributed by atoms with van der Waals surface area (Å²) in [4.78, 5) is 13.3.